The fourth-order valence-electron chi connectivity index (χ4n) is 4.01. The van der Waals surface area contributed by atoms with Gasteiger partial charge in [-0.25, -0.2) is 13.8 Å². The zero-order chi connectivity index (χ0) is 20.7. The van der Waals surface area contributed by atoms with Gasteiger partial charge >= 0.3 is 0 Å². The molecule has 1 saturated heterocycles. The second-order valence-electron chi connectivity index (χ2n) is 7.55. The van der Waals surface area contributed by atoms with Crippen LogP contribution in [0, 0.1) is 11.6 Å². The average molecular weight is 426 g/mol. The Labute approximate surface area is 176 Å². The largest absolute Gasteiger partial charge is 0.336 e. The van der Waals surface area contributed by atoms with Crippen molar-refractivity contribution in [2.75, 3.05) is 26.2 Å². The number of amides is 1. The first-order valence-corrected chi connectivity index (χ1v) is 10.7. The first-order chi connectivity index (χ1) is 14.6. The molecule has 8 heteroatoms. The van der Waals surface area contributed by atoms with E-state index >= 15 is 0 Å². The molecular formula is C22H20F2N4OS. The van der Waals surface area contributed by atoms with Crippen LogP contribution in [0.15, 0.2) is 48.7 Å². The Balaban J connectivity index is 1.29. The number of nitrogens with zero attached hydrogens (tertiary/aromatic N) is 4. The normalized spacial score (nSPS) is 15.7. The summed E-state index contributed by atoms with van der Waals surface area (Å²) in [5, 5.41) is 0. The Morgan fingerprint density at radius 2 is 1.83 bits per heavy atom. The van der Waals surface area contributed by atoms with Gasteiger partial charge in [0, 0.05) is 45.0 Å². The summed E-state index contributed by atoms with van der Waals surface area (Å²) in [6.07, 6.45) is 2.61. The highest BCUT2D eigenvalue weighted by molar-refractivity contribution is 7.23. The summed E-state index contributed by atoms with van der Waals surface area (Å²) >= 11 is 1.57. The maximum atomic E-state index is 13.5. The van der Waals surface area contributed by atoms with E-state index in [1.807, 2.05) is 39.8 Å². The van der Waals surface area contributed by atoms with E-state index in [1.54, 1.807) is 11.3 Å². The highest BCUT2D eigenvalue weighted by atomic mass is 32.1. The third kappa shape index (κ3) is 3.68. The van der Waals surface area contributed by atoms with E-state index in [-0.39, 0.29) is 5.91 Å². The molecule has 154 valence electrons. The fraction of sp³-hybridized carbons (Fsp3) is 0.273. The van der Waals surface area contributed by atoms with Crippen LogP contribution in [0.3, 0.4) is 0 Å². The van der Waals surface area contributed by atoms with Crippen LogP contribution in [-0.2, 0) is 6.54 Å². The third-order valence-electron chi connectivity index (χ3n) is 5.42. The topological polar surface area (TPSA) is 40.9 Å². The number of rotatable bonds is 3. The number of carbonyl (C=O) groups excluding carboxylic acids is 1. The number of imidazole rings is 1. The van der Waals surface area contributed by atoms with Crippen LogP contribution in [0.1, 0.15) is 22.5 Å². The molecule has 0 saturated carbocycles. The van der Waals surface area contributed by atoms with Crippen LogP contribution in [0.2, 0.25) is 0 Å². The predicted octanol–water partition coefficient (Wildman–Crippen LogP) is 4.18. The Bertz CT molecular complexity index is 1210. The zero-order valence-electron chi connectivity index (χ0n) is 16.2. The summed E-state index contributed by atoms with van der Waals surface area (Å²) in [7, 11) is 0. The Morgan fingerprint density at radius 3 is 2.67 bits per heavy atom. The van der Waals surface area contributed by atoms with E-state index in [0.29, 0.717) is 37.4 Å². The highest BCUT2D eigenvalue weighted by Crippen LogP contribution is 2.26. The van der Waals surface area contributed by atoms with Crippen molar-refractivity contribution in [3.8, 4) is 0 Å². The number of carbonyl (C=O) groups is 1. The van der Waals surface area contributed by atoms with Gasteiger partial charge in [-0.2, -0.15) is 0 Å². The SMILES string of the molecule is O=C(c1cn2c(n1)sc1ccccc12)N1CCCN(Cc2cc(F)cc(F)c2)CC1. The maximum absolute atomic E-state index is 13.5. The molecule has 0 N–H and O–H groups in total. The molecule has 1 aliphatic heterocycles. The van der Waals surface area contributed by atoms with Gasteiger partial charge < -0.3 is 4.90 Å². The van der Waals surface area contributed by atoms with Gasteiger partial charge in [-0.15, -0.1) is 0 Å². The lowest BCUT2D eigenvalue weighted by Gasteiger charge is -2.21. The first kappa shape index (κ1) is 19.1. The molecule has 5 rings (SSSR count). The quantitative estimate of drug-likeness (QED) is 0.494. The van der Waals surface area contributed by atoms with Crippen LogP contribution < -0.4 is 0 Å². The number of hydrogen-bond acceptors (Lipinski definition) is 4. The maximum Gasteiger partial charge on any atom is 0.274 e. The van der Waals surface area contributed by atoms with Crippen molar-refractivity contribution in [2.24, 2.45) is 0 Å². The van der Waals surface area contributed by atoms with Crippen molar-refractivity contribution in [2.45, 2.75) is 13.0 Å². The van der Waals surface area contributed by atoms with Gasteiger partial charge in [0.05, 0.1) is 10.2 Å². The molecule has 0 atom stereocenters. The lowest BCUT2D eigenvalue weighted by Crippen LogP contribution is -2.35. The molecule has 2 aromatic carbocycles. The zero-order valence-corrected chi connectivity index (χ0v) is 17.0. The van der Waals surface area contributed by atoms with Crippen molar-refractivity contribution >= 4 is 32.4 Å². The number of halogens is 2. The van der Waals surface area contributed by atoms with Gasteiger partial charge in [-0.3, -0.25) is 14.1 Å². The summed E-state index contributed by atoms with van der Waals surface area (Å²) in [6, 6.07) is 11.6. The Morgan fingerprint density at radius 1 is 1.03 bits per heavy atom. The smallest absolute Gasteiger partial charge is 0.274 e. The summed E-state index contributed by atoms with van der Waals surface area (Å²) < 4.78 is 30.0. The minimum atomic E-state index is -0.566. The number of benzene rings is 2. The molecule has 1 amide bonds. The molecule has 2 aromatic heterocycles. The number of aromatic nitrogens is 2. The van der Waals surface area contributed by atoms with Gasteiger partial charge in [0.2, 0.25) is 0 Å². The number of fused-ring (bicyclic) bond motifs is 3. The summed E-state index contributed by atoms with van der Waals surface area (Å²) in [5.41, 5.74) is 2.11. The van der Waals surface area contributed by atoms with Gasteiger partial charge in [-0.05, 0) is 36.2 Å². The lowest BCUT2D eigenvalue weighted by molar-refractivity contribution is 0.0756. The van der Waals surface area contributed by atoms with E-state index in [1.165, 1.54) is 12.1 Å². The van der Waals surface area contributed by atoms with Crippen LogP contribution in [0.5, 0.6) is 0 Å². The molecule has 0 unspecified atom stereocenters. The van der Waals surface area contributed by atoms with E-state index in [2.05, 4.69) is 9.88 Å². The van der Waals surface area contributed by atoms with Crippen LogP contribution in [0.4, 0.5) is 8.78 Å². The lowest BCUT2D eigenvalue weighted by atomic mass is 10.2. The van der Waals surface area contributed by atoms with Crippen molar-refractivity contribution in [1.29, 1.82) is 0 Å². The fourth-order valence-corrected chi connectivity index (χ4v) is 5.01. The van der Waals surface area contributed by atoms with Crippen LogP contribution in [-0.4, -0.2) is 51.3 Å². The van der Waals surface area contributed by atoms with Crippen molar-refractivity contribution < 1.29 is 13.6 Å². The minimum absolute atomic E-state index is 0.0753. The second-order valence-corrected chi connectivity index (χ2v) is 8.56. The number of thiazole rings is 1. The molecule has 0 spiro atoms. The summed E-state index contributed by atoms with van der Waals surface area (Å²) in [4.78, 5) is 22.4. The van der Waals surface area contributed by atoms with Crippen LogP contribution >= 0.6 is 11.3 Å². The number of para-hydroxylation sites is 1. The highest BCUT2D eigenvalue weighted by Gasteiger charge is 2.23. The summed E-state index contributed by atoms with van der Waals surface area (Å²) in [5.74, 6) is -1.21. The standard InChI is InChI=1S/C22H20F2N4OS/c23-16-10-15(11-17(24)12-16)13-26-6-3-7-27(9-8-26)21(29)18-14-28-19-4-1-2-5-20(19)30-22(28)25-18/h1-2,4-5,10-12,14H,3,6-9,13H2. The van der Waals surface area contributed by atoms with Crippen molar-refractivity contribution in [3.05, 3.63) is 71.6 Å². The molecule has 3 heterocycles. The van der Waals surface area contributed by atoms with Crippen molar-refractivity contribution in [1.82, 2.24) is 19.2 Å². The molecular weight excluding hydrogens is 406 g/mol. The Kier molecular flexibility index (Phi) is 4.96. The summed E-state index contributed by atoms with van der Waals surface area (Å²) in [6.45, 7) is 3.07. The first-order valence-electron chi connectivity index (χ1n) is 9.90. The molecule has 1 aliphatic rings. The van der Waals surface area contributed by atoms with Crippen LogP contribution in [0.25, 0.3) is 15.2 Å². The van der Waals surface area contributed by atoms with E-state index in [0.717, 1.165) is 34.2 Å². The molecule has 0 bridgehead atoms. The predicted molar refractivity (Wildman–Crippen MR) is 113 cm³/mol. The Hall–Kier alpha value is -2.84. The molecule has 1 fully saturated rings. The molecule has 30 heavy (non-hydrogen) atoms. The third-order valence-corrected chi connectivity index (χ3v) is 6.46. The van der Waals surface area contributed by atoms with Gasteiger partial charge in [0.15, 0.2) is 4.96 Å². The average Bonchev–Trinajstić information content (AvgIpc) is 3.18. The number of hydrogen-bond donors (Lipinski definition) is 0. The van der Waals surface area contributed by atoms with E-state index in [4.69, 9.17) is 0 Å². The van der Waals surface area contributed by atoms with Gasteiger partial charge in [-0.1, -0.05) is 23.5 Å². The van der Waals surface area contributed by atoms with E-state index in [9.17, 15) is 13.6 Å². The van der Waals surface area contributed by atoms with E-state index < -0.39 is 11.6 Å². The molecule has 0 aliphatic carbocycles. The molecule has 0 radical (unpaired) electrons. The van der Waals surface area contributed by atoms with Gasteiger partial charge in [0.25, 0.3) is 5.91 Å². The second kappa shape index (κ2) is 7.77. The molecule has 4 aromatic rings. The molecule has 5 nitrogen and oxygen atoms in total. The minimum Gasteiger partial charge on any atom is -0.336 e. The van der Waals surface area contributed by atoms with Gasteiger partial charge in [0.1, 0.15) is 17.3 Å². The monoisotopic (exact) mass is 426 g/mol. The van der Waals surface area contributed by atoms with Crippen molar-refractivity contribution in [3.63, 3.8) is 0 Å².